The van der Waals surface area contributed by atoms with Crippen molar-refractivity contribution in [2.75, 3.05) is 0 Å². The average Bonchev–Trinajstić information content (AvgIpc) is 2.33. The third-order valence-electron chi connectivity index (χ3n) is 1.29. The lowest BCUT2D eigenvalue weighted by Crippen LogP contribution is -1.97. The second kappa shape index (κ2) is 2.60. The number of carbonyl (C=O) groups excluding carboxylic acids is 1. The summed E-state index contributed by atoms with van der Waals surface area (Å²) in [6.45, 7) is 3.42. The van der Waals surface area contributed by atoms with Crippen molar-refractivity contribution in [1.82, 2.24) is 15.4 Å². The van der Waals surface area contributed by atoms with E-state index in [1.165, 1.54) is 6.92 Å². The van der Waals surface area contributed by atoms with Crippen molar-refractivity contribution >= 4 is 5.78 Å². The van der Waals surface area contributed by atoms with Gasteiger partial charge in [0.1, 0.15) is 0 Å². The van der Waals surface area contributed by atoms with Crippen molar-refractivity contribution in [3.63, 3.8) is 0 Å². The van der Waals surface area contributed by atoms with Crippen LogP contribution in [0.4, 0.5) is 0 Å². The van der Waals surface area contributed by atoms with Crippen LogP contribution in [0.25, 0.3) is 0 Å². The molecule has 1 N–H and O–H groups in total. The first-order valence-corrected chi connectivity index (χ1v) is 3.16. The largest absolute Gasteiger partial charge is 0.293 e. The molecule has 4 heteroatoms. The van der Waals surface area contributed by atoms with Gasteiger partial charge in [-0.25, -0.2) is 0 Å². The van der Waals surface area contributed by atoms with Crippen molar-refractivity contribution < 1.29 is 4.79 Å². The predicted octanol–water partition coefficient (Wildman–Crippen LogP) is 0.570. The molecule has 1 heterocycles. The predicted molar refractivity (Wildman–Crippen MR) is 35.8 cm³/mol. The van der Waals surface area contributed by atoms with E-state index >= 15 is 0 Å². The molecule has 0 bridgehead atoms. The van der Waals surface area contributed by atoms with Crippen LogP contribution in [-0.2, 0) is 6.42 Å². The van der Waals surface area contributed by atoms with Gasteiger partial charge in [0, 0.05) is 6.92 Å². The Balaban J connectivity index is 3.01. The van der Waals surface area contributed by atoms with Gasteiger partial charge in [-0.3, -0.25) is 4.79 Å². The maximum atomic E-state index is 10.8. The zero-order valence-corrected chi connectivity index (χ0v) is 6.01. The molecule has 0 fully saturated rings. The molecule has 0 saturated carbocycles. The molecule has 0 aromatic carbocycles. The minimum Gasteiger partial charge on any atom is -0.293 e. The van der Waals surface area contributed by atoms with Crippen LogP contribution in [0.1, 0.15) is 30.0 Å². The van der Waals surface area contributed by atoms with E-state index in [-0.39, 0.29) is 5.78 Å². The van der Waals surface area contributed by atoms with Gasteiger partial charge in [-0.2, -0.15) is 15.4 Å². The molecule has 0 spiro atoms. The fraction of sp³-hybridized carbons (Fsp3) is 0.500. The normalized spacial score (nSPS) is 9.80. The standard InChI is InChI=1S/C6H9N3O/c1-3-5-6(4(2)10)8-9-7-5/h3H2,1-2H3,(H,7,8,9). The molecule has 54 valence electrons. The maximum Gasteiger partial charge on any atom is 0.181 e. The quantitative estimate of drug-likeness (QED) is 0.609. The Bertz CT molecular complexity index is 241. The van der Waals surface area contributed by atoms with E-state index in [4.69, 9.17) is 0 Å². The Labute approximate surface area is 58.6 Å². The number of H-pyrrole nitrogens is 1. The van der Waals surface area contributed by atoms with Gasteiger partial charge < -0.3 is 0 Å². The summed E-state index contributed by atoms with van der Waals surface area (Å²) in [5, 5.41) is 9.91. The highest BCUT2D eigenvalue weighted by atomic mass is 16.1. The summed E-state index contributed by atoms with van der Waals surface area (Å²) in [5.41, 5.74) is 1.20. The van der Waals surface area contributed by atoms with E-state index in [0.29, 0.717) is 5.69 Å². The number of rotatable bonds is 2. The van der Waals surface area contributed by atoms with Gasteiger partial charge in [0.25, 0.3) is 0 Å². The molecule has 1 aromatic rings. The van der Waals surface area contributed by atoms with Crippen LogP contribution in [0.2, 0.25) is 0 Å². The lowest BCUT2D eigenvalue weighted by atomic mass is 10.2. The van der Waals surface area contributed by atoms with Crippen LogP contribution in [0, 0.1) is 0 Å². The summed E-state index contributed by atoms with van der Waals surface area (Å²) in [6, 6.07) is 0. The molecule has 10 heavy (non-hydrogen) atoms. The number of Topliss-reactive ketones (excluding diaryl/α,β-unsaturated/α-hetero) is 1. The van der Waals surface area contributed by atoms with Gasteiger partial charge in [-0.05, 0) is 6.42 Å². The van der Waals surface area contributed by atoms with E-state index in [1.54, 1.807) is 0 Å². The van der Waals surface area contributed by atoms with Gasteiger partial charge in [-0.15, -0.1) is 0 Å². The number of ketones is 1. The third kappa shape index (κ3) is 1.05. The highest BCUT2D eigenvalue weighted by molar-refractivity contribution is 5.92. The molecule has 0 saturated heterocycles. The van der Waals surface area contributed by atoms with E-state index in [9.17, 15) is 4.79 Å². The summed E-state index contributed by atoms with van der Waals surface area (Å²) in [4.78, 5) is 10.8. The highest BCUT2D eigenvalue weighted by Gasteiger charge is 2.08. The topological polar surface area (TPSA) is 58.6 Å². The number of aryl methyl sites for hydroxylation is 1. The molecule has 0 aliphatic rings. The van der Waals surface area contributed by atoms with Crippen LogP contribution < -0.4 is 0 Å². The van der Waals surface area contributed by atoms with Crippen LogP contribution in [0.5, 0.6) is 0 Å². The molecule has 0 unspecified atom stereocenters. The monoisotopic (exact) mass is 139 g/mol. The first-order chi connectivity index (χ1) is 4.75. The molecule has 0 aliphatic heterocycles. The van der Waals surface area contributed by atoms with Crippen molar-refractivity contribution in [2.24, 2.45) is 0 Å². The average molecular weight is 139 g/mol. The van der Waals surface area contributed by atoms with Crippen molar-refractivity contribution in [2.45, 2.75) is 20.3 Å². The lowest BCUT2D eigenvalue weighted by molar-refractivity contribution is 0.101. The smallest absolute Gasteiger partial charge is 0.181 e. The van der Waals surface area contributed by atoms with Crippen LogP contribution >= 0.6 is 0 Å². The van der Waals surface area contributed by atoms with E-state index < -0.39 is 0 Å². The van der Waals surface area contributed by atoms with Crippen LogP contribution in [0.3, 0.4) is 0 Å². The molecule has 1 aromatic heterocycles. The zero-order chi connectivity index (χ0) is 7.56. The maximum absolute atomic E-state index is 10.8. The fourth-order valence-electron chi connectivity index (χ4n) is 0.781. The number of hydrogen-bond donors (Lipinski definition) is 1. The second-order valence-corrected chi connectivity index (χ2v) is 2.03. The van der Waals surface area contributed by atoms with Gasteiger partial charge in [0.2, 0.25) is 0 Å². The number of nitrogens with one attached hydrogen (secondary N) is 1. The molecule has 0 aliphatic carbocycles. The Morgan fingerprint density at radius 2 is 2.30 bits per heavy atom. The summed E-state index contributed by atoms with van der Waals surface area (Å²) in [7, 11) is 0. The van der Waals surface area contributed by atoms with E-state index in [1.807, 2.05) is 6.92 Å². The minimum absolute atomic E-state index is 0.0365. The Morgan fingerprint density at radius 3 is 2.70 bits per heavy atom. The molecular formula is C6H9N3O. The van der Waals surface area contributed by atoms with E-state index in [0.717, 1.165) is 12.1 Å². The van der Waals surface area contributed by atoms with E-state index in [2.05, 4.69) is 15.4 Å². The molecule has 0 amide bonds. The van der Waals surface area contributed by atoms with Gasteiger partial charge in [-0.1, -0.05) is 6.92 Å². The first kappa shape index (κ1) is 6.92. The number of aromatic nitrogens is 3. The number of carbonyl (C=O) groups is 1. The van der Waals surface area contributed by atoms with Crippen molar-refractivity contribution in [3.05, 3.63) is 11.4 Å². The summed E-state index contributed by atoms with van der Waals surface area (Å²) < 4.78 is 0. The summed E-state index contributed by atoms with van der Waals surface area (Å²) >= 11 is 0. The Hall–Kier alpha value is -1.19. The number of hydrogen-bond acceptors (Lipinski definition) is 3. The fourth-order valence-corrected chi connectivity index (χ4v) is 0.781. The first-order valence-electron chi connectivity index (χ1n) is 3.16. The Morgan fingerprint density at radius 1 is 1.60 bits per heavy atom. The summed E-state index contributed by atoms with van der Waals surface area (Å²) in [5.74, 6) is -0.0365. The number of aromatic amines is 1. The third-order valence-corrected chi connectivity index (χ3v) is 1.29. The van der Waals surface area contributed by atoms with Gasteiger partial charge in [0.05, 0.1) is 5.69 Å². The van der Waals surface area contributed by atoms with Crippen LogP contribution in [0.15, 0.2) is 0 Å². The molecular weight excluding hydrogens is 130 g/mol. The molecule has 1 rings (SSSR count). The van der Waals surface area contributed by atoms with Crippen LogP contribution in [-0.4, -0.2) is 21.2 Å². The van der Waals surface area contributed by atoms with Gasteiger partial charge in [0.15, 0.2) is 11.5 Å². The van der Waals surface area contributed by atoms with Gasteiger partial charge >= 0.3 is 0 Å². The molecule has 4 nitrogen and oxygen atoms in total. The lowest BCUT2D eigenvalue weighted by Gasteiger charge is -1.87. The van der Waals surface area contributed by atoms with Crippen molar-refractivity contribution in [3.8, 4) is 0 Å². The molecule has 0 radical (unpaired) electrons. The molecule has 0 atom stereocenters. The Kier molecular flexibility index (Phi) is 1.80. The summed E-state index contributed by atoms with van der Waals surface area (Å²) in [6.07, 6.45) is 0.741. The highest BCUT2D eigenvalue weighted by Crippen LogP contribution is 2.01. The number of nitrogens with zero attached hydrogens (tertiary/aromatic N) is 2. The second-order valence-electron chi connectivity index (χ2n) is 2.03. The van der Waals surface area contributed by atoms with Crippen molar-refractivity contribution in [1.29, 1.82) is 0 Å². The SMILES string of the molecule is CCc1n[nH]nc1C(C)=O. The minimum atomic E-state index is -0.0365. The zero-order valence-electron chi connectivity index (χ0n) is 6.01.